The lowest BCUT2D eigenvalue weighted by atomic mass is 10.1. The maximum Gasteiger partial charge on any atom is 0.339 e. The fourth-order valence-corrected chi connectivity index (χ4v) is 5.23. The number of aromatic carboxylic acids is 1. The average Bonchev–Trinajstić information content (AvgIpc) is 3.45. The van der Waals surface area contributed by atoms with Crippen molar-refractivity contribution in [3.63, 3.8) is 0 Å². The number of rotatable bonds is 6. The summed E-state index contributed by atoms with van der Waals surface area (Å²) in [5.74, 6) is -0.395. The van der Waals surface area contributed by atoms with E-state index in [2.05, 4.69) is 16.0 Å². The molecule has 1 saturated heterocycles. The highest BCUT2D eigenvalue weighted by molar-refractivity contribution is 7.18. The summed E-state index contributed by atoms with van der Waals surface area (Å²) in [6.45, 7) is 0.838. The van der Waals surface area contributed by atoms with Gasteiger partial charge in [0.25, 0.3) is 0 Å². The van der Waals surface area contributed by atoms with Crippen LogP contribution in [0.4, 0.5) is 5.95 Å². The number of carboxylic acid groups (broad SMARTS) is 1. The Kier molecular flexibility index (Phi) is 5.34. The van der Waals surface area contributed by atoms with Gasteiger partial charge in [0.05, 0.1) is 27.5 Å². The molecule has 0 radical (unpaired) electrons. The summed E-state index contributed by atoms with van der Waals surface area (Å²) in [5.41, 5.74) is 2.93. The second kappa shape index (κ2) is 8.43. The van der Waals surface area contributed by atoms with Gasteiger partial charge in [-0.3, -0.25) is 0 Å². The molecule has 2 aromatic heterocycles. The first-order valence-electron chi connectivity index (χ1n) is 10.4. The molecule has 1 N–H and O–H groups in total. The number of nitrogens with zero attached hydrogens (tertiary/aromatic N) is 4. The molecule has 0 amide bonds. The predicted molar refractivity (Wildman–Crippen MR) is 122 cm³/mol. The van der Waals surface area contributed by atoms with Gasteiger partial charge in [0.2, 0.25) is 5.95 Å². The molecule has 0 aliphatic carbocycles. The fraction of sp³-hybridized carbons (Fsp3) is 0.250. The highest BCUT2D eigenvalue weighted by Crippen LogP contribution is 2.38. The number of carboxylic acids is 1. The van der Waals surface area contributed by atoms with Crippen LogP contribution in [0.25, 0.3) is 10.2 Å². The van der Waals surface area contributed by atoms with Gasteiger partial charge in [-0.25, -0.2) is 19.7 Å². The maximum atomic E-state index is 11.7. The van der Waals surface area contributed by atoms with E-state index in [1.165, 1.54) is 10.9 Å². The van der Waals surface area contributed by atoms with Crippen LogP contribution >= 0.6 is 11.3 Å². The Morgan fingerprint density at radius 1 is 1.06 bits per heavy atom. The van der Waals surface area contributed by atoms with E-state index in [9.17, 15) is 9.90 Å². The maximum absolute atomic E-state index is 11.7. The van der Waals surface area contributed by atoms with E-state index in [1.807, 2.05) is 48.5 Å². The minimum atomic E-state index is -0.987. The Morgan fingerprint density at radius 3 is 2.68 bits per heavy atom. The largest absolute Gasteiger partial charge is 0.478 e. The molecule has 0 bridgehead atoms. The second-order valence-electron chi connectivity index (χ2n) is 7.69. The number of hydrogen-bond acceptors (Lipinski definition) is 6. The van der Waals surface area contributed by atoms with E-state index in [0.717, 1.165) is 41.9 Å². The van der Waals surface area contributed by atoms with E-state index in [-0.39, 0.29) is 11.6 Å². The molecule has 7 heteroatoms. The Labute approximate surface area is 184 Å². The number of aryl methyl sites for hydroxylation is 2. The summed E-state index contributed by atoms with van der Waals surface area (Å²) >= 11 is 1.71. The number of anilines is 1. The lowest BCUT2D eigenvalue weighted by molar-refractivity contribution is 0.0694. The third-order valence-corrected chi connectivity index (χ3v) is 6.82. The number of fused-ring (bicyclic) bond motifs is 1. The van der Waals surface area contributed by atoms with Crippen LogP contribution in [0.15, 0.2) is 60.8 Å². The molecule has 1 aliphatic rings. The first-order chi connectivity index (χ1) is 15.2. The first kappa shape index (κ1) is 19.6. The molecular formula is C24H22N4O2S. The van der Waals surface area contributed by atoms with Gasteiger partial charge in [0.15, 0.2) is 0 Å². The quantitative estimate of drug-likeness (QED) is 0.468. The third kappa shape index (κ3) is 4.01. The van der Waals surface area contributed by atoms with Crippen molar-refractivity contribution in [2.45, 2.75) is 31.7 Å². The minimum Gasteiger partial charge on any atom is -0.478 e. The number of carbonyl (C=O) groups is 1. The topological polar surface area (TPSA) is 79.2 Å². The monoisotopic (exact) mass is 430 g/mol. The molecule has 4 aromatic rings. The zero-order valence-corrected chi connectivity index (χ0v) is 17.8. The highest BCUT2D eigenvalue weighted by Gasteiger charge is 2.31. The Hall–Kier alpha value is -3.32. The SMILES string of the molecule is O=C(O)c1cnc(N2CCC[C@@H]2c2nc3ccccc3s2)nc1CCc1ccccc1. The first-order valence-corrected chi connectivity index (χ1v) is 11.3. The standard InChI is InChI=1S/C24H22N4O2S/c29-23(30)17-15-25-24(27-18(17)13-12-16-7-2-1-3-8-16)28-14-6-10-20(28)22-26-19-9-4-5-11-21(19)31-22/h1-5,7-9,11,15,20H,6,10,12-14H2,(H,29,30)/t20-/m1/s1. The summed E-state index contributed by atoms with van der Waals surface area (Å²) in [7, 11) is 0. The molecule has 156 valence electrons. The van der Waals surface area contributed by atoms with Crippen LogP contribution in [-0.4, -0.2) is 32.6 Å². The van der Waals surface area contributed by atoms with Gasteiger partial charge in [0, 0.05) is 12.7 Å². The molecular weight excluding hydrogens is 408 g/mol. The summed E-state index contributed by atoms with van der Waals surface area (Å²) in [6.07, 6.45) is 4.77. The number of thiazole rings is 1. The summed E-state index contributed by atoms with van der Waals surface area (Å²) in [5, 5.41) is 10.7. The molecule has 0 unspecified atom stereocenters. The number of hydrogen-bond donors (Lipinski definition) is 1. The molecule has 0 saturated carbocycles. The van der Waals surface area contributed by atoms with E-state index < -0.39 is 5.97 Å². The van der Waals surface area contributed by atoms with Crippen molar-refractivity contribution in [3.8, 4) is 0 Å². The molecule has 1 fully saturated rings. The number of para-hydroxylation sites is 1. The molecule has 1 aliphatic heterocycles. The lowest BCUT2D eigenvalue weighted by Crippen LogP contribution is -2.25. The van der Waals surface area contributed by atoms with Crippen molar-refractivity contribution in [1.29, 1.82) is 0 Å². The highest BCUT2D eigenvalue weighted by atomic mass is 32.1. The third-order valence-electron chi connectivity index (χ3n) is 5.68. The van der Waals surface area contributed by atoms with Gasteiger partial charge in [-0.15, -0.1) is 11.3 Å². The fourth-order valence-electron chi connectivity index (χ4n) is 4.12. The van der Waals surface area contributed by atoms with Crippen LogP contribution in [-0.2, 0) is 12.8 Å². The van der Waals surface area contributed by atoms with Crippen molar-refractivity contribution in [1.82, 2.24) is 15.0 Å². The van der Waals surface area contributed by atoms with Crippen molar-refractivity contribution in [2.24, 2.45) is 0 Å². The number of benzene rings is 2. The van der Waals surface area contributed by atoms with Crippen LogP contribution in [0.2, 0.25) is 0 Å². The van der Waals surface area contributed by atoms with Gasteiger partial charge < -0.3 is 10.0 Å². The zero-order valence-electron chi connectivity index (χ0n) is 16.9. The predicted octanol–water partition coefficient (Wildman–Crippen LogP) is 4.91. The Morgan fingerprint density at radius 2 is 1.87 bits per heavy atom. The lowest BCUT2D eigenvalue weighted by Gasteiger charge is -2.23. The molecule has 31 heavy (non-hydrogen) atoms. The van der Waals surface area contributed by atoms with E-state index in [1.54, 1.807) is 11.3 Å². The van der Waals surface area contributed by atoms with Gasteiger partial charge >= 0.3 is 5.97 Å². The van der Waals surface area contributed by atoms with Gasteiger partial charge in [-0.05, 0) is 43.4 Å². The van der Waals surface area contributed by atoms with Crippen LogP contribution in [0.3, 0.4) is 0 Å². The van der Waals surface area contributed by atoms with Crippen molar-refractivity contribution < 1.29 is 9.90 Å². The number of aromatic nitrogens is 3. The summed E-state index contributed by atoms with van der Waals surface area (Å²) in [4.78, 5) is 27.9. The normalized spacial score (nSPS) is 16.1. The van der Waals surface area contributed by atoms with E-state index in [4.69, 9.17) is 9.97 Å². The van der Waals surface area contributed by atoms with Crippen molar-refractivity contribution >= 4 is 33.5 Å². The Bertz CT molecular complexity index is 1190. The molecule has 1 atom stereocenters. The van der Waals surface area contributed by atoms with Gasteiger partial charge in [-0.1, -0.05) is 42.5 Å². The smallest absolute Gasteiger partial charge is 0.339 e. The van der Waals surface area contributed by atoms with E-state index in [0.29, 0.717) is 18.1 Å². The molecule has 5 rings (SSSR count). The zero-order chi connectivity index (χ0) is 21.2. The van der Waals surface area contributed by atoms with Gasteiger partial charge in [0.1, 0.15) is 5.01 Å². The van der Waals surface area contributed by atoms with Crippen LogP contribution in [0.5, 0.6) is 0 Å². The van der Waals surface area contributed by atoms with E-state index >= 15 is 0 Å². The van der Waals surface area contributed by atoms with Crippen LogP contribution in [0.1, 0.15) is 45.5 Å². The molecule has 2 aromatic carbocycles. The molecule has 3 heterocycles. The summed E-state index contributed by atoms with van der Waals surface area (Å²) < 4.78 is 1.18. The second-order valence-corrected chi connectivity index (χ2v) is 8.75. The van der Waals surface area contributed by atoms with Crippen LogP contribution in [0, 0.1) is 0 Å². The Balaban J connectivity index is 1.45. The molecule has 0 spiro atoms. The van der Waals surface area contributed by atoms with Crippen LogP contribution < -0.4 is 4.90 Å². The summed E-state index contributed by atoms with van der Waals surface area (Å²) in [6, 6.07) is 18.3. The van der Waals surface area contributed by atoms with Crippen molar-refractivity contribution in [2.75, 3.05) is 11.4 Å². The van der Waals surface area contributed by atoms with Gasteiger partial charge in [-0.2, -0.15) is 0 Å². The molecule has 6 nitrogen and oxygen atoms in total. The van der Waals surface area contributed by atoms with Crippen molar-refractivity contribution in [3.05, 3.63) is 82.6 Å². The average molecular weight is 431 g/mol. The minimum absolute atomic E-state index is 0.120.